The fourth-order valence-corrected chi connectivity index (χ4v) is 1.13. The van der Waals surface area contributed by atoms with Crippen LogP contribution >= 0.6 is 0 Å². The molecule has 0 saturated carbocycles. The Kier molecular flexibility index (Phi) is 4.11. The summed E-state index contributed by atoms with van der Waals surface area (Å²) in [5, 5.41) is 21.0. The molecule has 0 heterocycles. The van der Waals surface area contributed by atoms with Crippen molar-refractivity contribution in [3.8, 4) is 6.07 Å². The highest BCUT2D eigenvalue weighted by molar-refractivity contribution is 5.94. The molecule has 1 N–H and O–H groups in total. The third-order valence-electron chi connectivity index (χ3n) is 1.93. The average Bonchev–Trinajstić information content (AvgIpc) is 2.28. The molecular formula is C10H8FN3O3. The summed E-state index contributed by atoms with van der Waals surface area (Å²) in [6, 6.07) is 4.70. The number of nitrogens with zero attached hydrogens (tertiary/aromatic N) is 2. The maximum atomic E-state index is 13.2. The number of hydrogen-bond donors (Lipinski definition) is 1. The van der Waals surface area contributed by atoms with Gasteiger partial charge in [-0.1, -0.05) is 0 Å². The fourth-order valence-electron chi connectivity index (χ4n) is 1.13. The number of halogens is 1. The van der Waals surface area contributed by atoms with Crippen LogP contribution in [0.4, 0.5) is 10.1 Å². The number of nitro groups is 1. The van der Waals surface area contributed by atoms with E-state index in [0.717, 1.165) is 18.2 Å². The van der Waals surface area contributed by atoms with Gasteiger partial charge >= 0.3 is 5.69 Å². The summed E-state index contributed by atoms with van der Waals surface area (Å²) >= 11 is 0. The molecular weight excluding hydrogens is 229 g/mol. The van der Waals surface area contributed by atoms with E-state index in [1.807, 2.05) is 6.07 Å². The lowest BCUT2D eigenvalue weighted by Gasteiger charge is -2.02. The van der Waals surface area contributed by atoms with Crippen LogP contribution in [0.15, 0.2) is 18.2 Å². The van der Waals surface area contributed by atoms with Gasteiger partial charge in [-0.3, -0.25) is 14.9 Å². The molecule has 0 aliphatic rings. The van der Waals surface area contributed by atoms with Gasteiger partial charge in [-0.2, -0.15) is 9.65 Å². The van der Waals surface area contributed by atoms with Crippen LogP contribution < -0.4 is 5.32 Å². The molecule has 1 aromatic rings. The zero-order valence-corrected chi connectivity index (χ0v) is 8.64. The first-order valence-electron chi connectivity index (χ1n) is 4.65. The number of amides is 1. The van der Waals surface area contributed by atoms with E-state index in [1.54, 1.807) is 0 Å². The van der Waals surface area contributed by atoms with E-state index in [4.69, 9.17) is 5.26 Å². The minimum absolute atomic E-state index is 0.0222. The predicted molar refractivity (Wildman–Crippen MR) is 55.6 cm³/mol. The smallest absolute Gasteiger partial charge is 0.304 e. The number of nitro benzene ring substituents is 1. The molecule has 1 aromatic carbocycles. The largest absolute Gasteiger partial charge is 0.351 e. The van der Waals surface area contributed by atoms with Crippen LogP contribution in [-0.4, -0.2) is 17.4 Å². The Morgan fingerprint density at radius 1 is 1.59 bits per heavy atom. The van der Waals surface area contributed by atoms with Crippen LogP contribution in [0.3, 0.4) is 0 Å². The quantitative estimate of drug-likeness (QED) is 0.486. The van der Waals surface area contributed by atoms with Crippen molar-refractivity contribution in [1.82, 2.24) is 5.32 Å². The summed E-state index contributed by atoms with van der Waals surface area (Å²) in [5.41, 5.74) is -0.704. The van der Waals surface area contributed by atoms with E-state index in [-0.39, 0.29) is 18.5 Å². The molecule has 0 saturated heterocycles. The molecule has 0 aliphatic heterocycles. The van der Waals surface area contributed by atoms with E-state index in [2.05, 4.69) is 5.32 Å². The van der Waals surface area contributed by atoms with Gasteiger partial charge in [-0.05, 0) is 12.1 Å². The minimum Gasteiger partial charge on any atom is -0.351 e. The van der Waals surface area contributed by atoms with Crippen molar-refractivity contribution in [3.05, 3.63) is 39.7 Å². The number of nitriles is 1. The van der Waals surface area contributed by atoms with Crippen LogP contribution in [0, 0.1) is 27.3 Å². The molecule has 6 nitrogen and oxygen atoms in total. The molecule has 0 atom stereocenters. The third-order valence-corrected chi connectivity index (χ3v) is 1.93. The zero-order chi connectivity index (χ0) is 12.8. The predicted octanol–water partition coefficient (Wildman–Crippen LogP) is 1.38. The first kappa shape index (κ1) is 12.6. The summed E-state index contributed by atoms with van der Waals surface area (Å²) < 4.78 is 13.2. The van der Waals surface area contributed by atoms with Gasteiger partial charge in [0, 0.05) is 18.2 Å². The van der Waals surface area contributed by atoms with Crippen molar-refractivity contribution in [3.63, 3.8) is 0 Å². The standard InChI is InChI=1S/C10H8FN3O3/c11-8-6-7(2-3-9(8)14(16)17)10(15)13-5-1-4-12/h2-3,6H,1,5H2,(H,13,15). The fraction of sp³-hybridized carbons (Fsp3) is 0.200. The Hall–Kier alpha value is -2.49. The maximum absolute atomic E-state index is 13.2. The lowest BCUT2D eigenvalue weighted by atomic mass is 10.2. The van der Waals surface area contributed by atoms with Crippen molar-refractivity contribution in [1.29, 1.82) is 5.26 Å². The molecule has 0 spiro atoms. The summed E-state index contributed by atoms with van der Waals surface area (Å²) in [4.78, 5) is 20.9. The molecule has 0 unspecified atom stereocenters. The number of nitrogens with one attached hydrogen (secondary N) is 1. The average molecular weight is 237 g/mol. The van der Waals surface area contributed by atoms with Gasteiger partial charge in [-0.15, -0.1) is 0 Å². The zero-order valence-electron chi connectivity index (χ0n) is 8.64. The van der Waals surface area contributed by atoms with Gasteiger partial charge in [0.1, 0.15) is 0 Å². The molecule has 0 fully saturated rings. The Morgan fingerprint density at radius 3 is 2.82 bits per heavy atom. The van der Waals surface area contributed by atoms with Gasteiger partial charge in [-0.25, -0.2) is 0 Å². The molecule has 1 rings (SSSR count). The summed E-state index contributed by atoms with van der Waals surface area (Å²) in [6.45, 7) is 0.147. The van der Waals surface area contributed by atoms with Gasteiger partial charge in [0.05, 0.1) is 17.4 Å². The molecule has 0 aromatic heterocycles. The lowest BCUT2D eigenvalue weighted by Crippen LogP contribution is -2.24. The molecule has 0 aliphatic carbocycles. The Bertz CT molecular complexity index is 496. The van der Waals surface area contributed by atoms with E-state index in [9.17, 15) is 19.3 Å². The lowest BCUT2D eigenvalue weighted by molar-refractivity contribution is -0.387. The maximum Gasteiger partial charge on any atom is 0.304 e. The van der Waals surface area contributed by atoms with Crippen LogP contribution in [0.2, 0.25) is 0 Å². The van der Waals surface area contributed by atoms with Crippen LogP contribution in [0.5, 0.6) is 0 Å². The van der Waals surface area contributed by atoms with E-state index in [0.29, 0.717) is 0 Å². The van der Waals surface area contributed by atoms with Crippen molar-refractivity contribution in [2.45, 2.75) is 6.42 Å². The first-order chi connectivity index (χ1) is 8.06. The monoisotopic (exact) mass is 237 g/mol. The molecule has 7 heteroatoms. The van der Waals surface area contributed by atoms with Crippen molar-refractivity contribution in [2.24, 2.45) is 0 Å². The van der Waals surface area contributed by atoms with E-state index in [1.165, 1.54) is 0 Å². The molecule has 88 valence electrons. The van der Waals surface area contributed by atoms with Crippen LogP contribution in [-0.2, 0) is 0 Å². The van der Waals surface area contributed by atoms with Gasteiger partial charge in [0.25, 0.3) is 5.91 Å². The second-order valence-electron chi connectivity index (χ2n) is 3.09. The highest BCUT2D eigenvalue weighted by Gasteiger charge is 2.16. The van der Waals surface area contributed by atoms with Crippen molar-refractivity contribution < 1.29 is 14.1 Å². The summed E-state index contributed by atoms with van der Waals surface area (Å²) in [5.74, 6) is -1.64. The highest BCUT2D eigenvalue weighted by atomic mass is 19.1. The number of carbonyl (C=O) groups is 1. The van der Waals surface area contributed by atoms with Gasteiger partial charge in [0.15, 0.2) is 0 Å². The van der Waals surface area contributed by atoms with Crippen LogP contribution in [0.1, 0.15) is 16.8 Å². The number of rotatable bonds is 4. The normalized spacial score (nSPS) is 9.41. The molecule has 17 heavy (non-hydrogen) atoms. The summed E-state index contributed by atoms with van der Waals surface area (Å²) in [7, 11) is 0. The van der Waals surface area contributed by atoms with Crippen LogP contribution in [0.25, 0.3) is 0 Å². The van der Waals surface area contributed by atoms with Gasteiger partial charge in [0.2, 0.25) is 5.82 Å². The number of carbonyl (C=O) groups excluding carboxylic acids is 1. The Labute approximate surface area is 95.8 Å². The van der Waals surface area contributed by atoms with E-state index >= 15 is 0 Å². The van der Waals surface area contributed by atoms with Crippen molar-refractivity contribution in [2.75, 3.05) is 6.54 Å². The molecule has 0 bridgehead atoms. The number of hydrogen-bond acceptors (Lipinski definition) is 4. The summed E-state index contributed by atoms with van der Waals surface area (Å²) in [6.07, 6.45) is 0.140. The second kappa shape index (κ2) is 5.55. The topological polar surface area (TPSA) is 96.0 Å². The molecule has 1 amide bonds. The number of benzene rings is 1. The van der Waals surface area contributed by atoms with Gasteiger partial charge < -0.3 is 5.32 Å². The highest BCUT2D eigenvalue weighted by Crippen LogP contribution is 2.17. The second-order valence-corrected chi connectivity index (χ2v) is 3.09. The minimum atomic E-state index is -1.07. The third kappa shape index (κ3) is 3.24. The SMILES string of the molecule is N#CCCNC(=O)c1ccc([N+](=O)[O-])c(F)c1. The molecule has 0 radical (unpaired) electrons. The first-order valence-corrected chi connectivity index (χ1v) is 4.65. The Morgan fingerprint density at radius 2 is 2.29 bits per heavy atom. The Balaban J connectivity index is 2.80. The van der Waals surface area contributed by atoms with E-state index < -0.39 is 22.3 Å². The van der Waals surface area contributed by atoms with Crippen molar-refractivity contribution >= 4 is 11.6 Å².